The molecule has 2 fully saturated rings. The molecule has 1 N–H and O–H groups in total. The summed E-state index contributed by atoms with van der Waals surface area (Å²) in [5.41, 5.74) is 3.12. The number of H-pyrrole nitrogens is 1. The van der Waals surface area contributed by atoms with Gasteiger partial charge in [-0.1, -0.05) is 0 Å². The van der Waals surface area contributed by atoms with E-state index in [1.807, 2.05) is 48.9 Å². The number of benzene rings is 1. The first-order valence-corrected chi connectivity index (χ1v) is 15.6. The molecular weight excluding hydrogens is 512 g/mol. The SMILES string of the molecule is COc1ccc(OCC2CCCN(S(=O)(=O)CC3CCC(c4cc[nH]c5cnc6nccc6c45)CC3)C2)cc1. The molecule has 0 amide bonds. The van der Waals surface area contributed by atoms with Crippen molar-refractivity contribution >= 4 is 32.0 Å². The summed E-state index contributed by atoms with van der Waals surface area (Å²) >= 11 is 0. The first-order chi connectivity index (χ1) is 19.0. The highest BCUT2D eigenvalue weighted by Gasteiger charge is 2.33. The number of rotatable bonds is 8. The van der Waals surface area contributed by atoms with Crippen LogP contribution in [0.2, 0.25) is 0 Å². The number of aromatic amines is 1. The number of pyridine rings is 2. The van der Waals surface area contributed by atoms with E-state index in [-0.39, 0.29) is 17.6 Å². The second-order valence-corrected chi connectivity index (χ2v) is 13.0. The zero-order valence-electron chi connectivity index (χ0n) is 22.4. The van der Waals surface area contributed by atoms with Gasteiger partial charge in [0, 0.05) is 42.2 Å². The van der Waals surface area contributed by atoms with Crippen LogP contribution in [0.15, 0.2) is 55.0 Å². The quantitative estimate of drug-likeness (QED) is 0.312. The van der Waals surface area contributed by atoms with Gasteiger partial charge in [-0.15, -0.1) is 0 Å². The van der Waals surface area contributed by atoms with Crippen LogP contribution in [0.5, 0.6) is 11.5 Å². The van der Waals surface area contributed by atoms with Crippen LogP contribution in [0.1, 0.15) is 50.0 Å². The van der Waals surface area contributed by atoms with Crippen molar-refractivity contribution in [1.29, 1.82) is 0 Å². The largest absolute Gasteiger partial charge is 0.497 e. The van der Waals surface area contributed by atoms with Gasteiger partial charge in [-0.3, -0.25) is 0 Å². The zero-order valence-corrected chi connectivity index (χ0v) is 23.2. The van der Waals surface area contributed by atoms with Gasteiger partial charge in [-0.2, -0.15) is 0 Å². The van der Waals surface area contributed by atoms with E-state index in [4.69, 9.17) is 9.47 Å². The predicted molar refractivity (Wildman–Crippen MR) is 153 cm³/mol. The van der Waals surface area contributed by atoms with Crippen molar-refractivity contribution in [3.05, 3.63) is 60.6 Å². The third-order valence-electron chi connectivity index (χ3n) is 8.48. The normalized spacial score (nSPS) is 22.7. The second-order valence-electron chi connectivity index (χ2n) is 11.0. The fourth-order valence-corrected chi connectivity index (χ4v) is 8.36. The van der Waals surface area contributed by atoms with Crippen LogP contribution in [0, 0.1) is 11.8 Å². The van der Waals surface area contributed by atoms with Crippen LogP contribution in [-0.2, 0) is 10.0 Å². The summed E-state index contributed by atoms with van der Waals surface area (Å²) in [5.74, 6) is 2.63. The number of fused-ring (bicyclic) bond motifs is 3. The highest BCUT2D eigenvalue weighted by molar-refractivity contribution is 7.89. The van der Waals surface area contributed by atoms with Gasteiger partial charge >= 0.3 is 0 Å². The number of hydrogen-bond donors (Lipinski definition) is 1. The Labute approximate surface area is 229 Å². The second kappa shape index (κ2) is 11.1. The van der Waals surface area contributed by atoms with Crippen molar-refractivity contribution in [2.24, 2.45) is 11.8 Å². The zero-order chi connectivity index (χ0) is 26.8. The molecule has 2 aliphatic rings. The van der Waals surface area contributed by atoms with E-state index >= 15 is 0 Å². The topological polar surface area (TPSA) is 97.4 Å². The summed E-state index contributed by atoms with van der Waals surface area (Å²) < 4.78 is 39.8. The molecule has 1 aliphatic heterocycles. The number of nitrogens with zero attached hydrogens (tertiary/aromatic N) is 3. The van der Waals surface area contributed by atoms with Crippen molar-refractivity contribution in [2.45, 2.75) is 44.4 Å². The smallest absolute Gasteiger partial charge is 0.214 e. The minimum absolute atomic E-state index is 0.200. The Hall–Kier alpha value is -3.17. The van der Waals surface area contributed by atoms with Crippen molar-refractivity contribution in [3.63, 3.8) is 0 Å². The third kappa shape index (κ3) is 5.61. The van der Waals surface area contributed by atoms with E-state index in [0.717, 1.165) is 66.6 Å². The number of piperidine rings is 1. The molecule has 1 unspecified atom stereocenters. The first-order valence-electron chi connectivity index (χ1n) is 14.0. The lowest BCUT2D eigenvalue weighted by Crippen LogP contribution is -2.43. The van der Waals surface area contributed by atoms with Crippen LogP contribution in [-0.4, -0.2) is 60.2 Å². The first kappa shape index (κ1) is 26.1. The Morgan fingerprint density at radius 2 is 1.77 bits per heavy atom. The van der Waals surface area contributed by atoms with Crippen LogP contribution in [0.25, 0.3) is 21.9 Å². The minimum Gasteiger partial charge on any atom is -0.497 e. The Morgan fingerprint density at radius 1 is 0.974 bits per heavy atom. The van der Waals surface area contributed by atoms with Gasteiger partial charge < -0.3 is 14.5 Å². The number of sulfonamides is 1. The van der Waals surface area contributed by atoms with E-state index in [1.54, 1.807) is 11.4 Å². The average molecular weight is 549 g/mol. The van der Waals surface area contributed by atoms with Gasteiger partial charge in [-0.05, 0) is 92.3 Å². The summed E-state index contributed by atoms with van der Waals surface area (Å²) in [7, 11) is -1.67. The average Bonchev–Trinajstić information content (AvgIpc) is 3.46. The molecule has 1 atom stereocenters. The van der Waals surface area contributed by atoms with E-state index < -0.39 is 10.0 Å². The number of methoxy groups -OCH3 is 1. The van der Waals surface area contributed by atoms with Gasteiger partial charge in [0.15, 0.2) is 5.65 Å². The molecule has 3 aromatic heterocycles. The standard InChI is InChI=1S/C30H36N4O4S/c1-37-24-8-10-25(11-9-24)38-19-22-3-2-16-34(18-22)39(35,36)20-21-4-6-23(7-5-21)26-12-14-31-28-17-33-30-27(29(26)28)13-15-32-30/h8-15,17,21-23,31H,2-7,16,18-20H2,1H3. The summed E-state index contributed by atoms with van der Waals surface area (Å²) in [4.78, 5) is 12.2. The molecule has 0 radical (unpaired) electrons. The maximum absolute atomic E-state index is 13.4. The highest BCUT2D eigenvalue weighted by Crippen LogP contribution is 2.40. The Balaban J connectivity index is 1.05. The monoisotopic (exact) mass is 548 g/mol. The van der Waals surface area contributed by atoms with Crippen molar-refractivity contribution in [1.82, 2.24) is 19.3 Å². The number of aromatic nitrogens is 3. The molecule has 8 nitrogen and oxygen atoms in total. The van der Waals surface area contributed by atoms with Crippen molar-refractivity contribution in [3.8, 4) is 11.5 Å². The maximum atomic E-state index is 13.4. The van der Waals surface area contributed by atoms with E-state index in [9.17, 15) is 8.42 Å². The lowest BCUT2D eigenvalue weighted by Gasteiger charge is -2.34. The summed E-state index contributed by atoms with van der Waals surface area (Å²) in [6, 6.07) is 11.7. The third-order valence-corrected chi connectivity index (χ3v) is 10.5. The molecule has 1 aromatic carbocycles. The van der Waals surface area contributed by atoms with Gasteiger partial charge in [0.2, 0.25) is 10.0 Å². The summed E-state index contributed by atoms with van der Waals surface area (Å²) in [5, 5.41) is 2.28. The van der Waals surface area contributed by atoms with E-state index in [0.29, 0.717) is 25.6 Å². The molecule has 4 heterocycles. The molecule has 6 rings (SSSR count). The van der Waals surface area contributed by atoms with Gasteiger partial charge in [-0.25, -0.2) is 22.7 Å². The molecule has 4 aromatic rings. The molecule has 0 bridgehead atoms. The van der Waals surface area contributed by atoms with Gasteiger partial charge in [0.05, 0.1) is 31.2 Å². The van der Waals surface area contributed by atoms with Crippen LogP contribution < -0.4 is 9.47 Å². The van der Waals surface area contributed by atoms with E-state index in [2.05, 4.69) is 21.0 Å². The lowest BCUT2D eigenvalue weighted by atomic mass is 9.78. The molecule has 1 aliphatic carbocycles. The van der Waals surface area contributed by atoms with E-state index in [1.165, 1.54) is 10.9 Å². The van der Waals surface area contributed by atoms with Gasteiger partial charge in [0.25, 0.3) is 0 Å². The predicted octanol–water partition coefficient (Wildman–Crippen LogP) is 5.51. The maximum Gasteiger partial charge on any atom is 0.214 e. The number of nitrogens with one attached hydrogen (secondary N) is 1. The lowest BCUT2D eigenvalue weighted by molar-refractivity contribution is 0.179. The number of hydrogen-bond acceptors (Lipinski definition) is 6. The molecule has 0 spiro atoms. The number of ether oxygens (including phenoxy) is 2. The molecule has 1 saturated heterocycles. The molecule has 1 saturated carbocycles. The summed E-state index contributed by atoms with van der Waals surface area (Å²) in [6.45, 7) is 1.67. The van der Waals surface area contributed by atoms with Gasteiger partial charge in [0.1, 0.15) is 11.5 Å². The Bertz CT molecular complexity index is 1530. The fourth-order valence-electron chi connectivity index (χ4n) is 6.37. The molecular formula is C30H36N4O4S. The Morgan fingerprint density at radius 3 is 2.56 bits per heavy atom. The van der Waals surface area contributed by atoms with Crippen LogP contribution in [0.4, 0.5) is 0 Å². The van der Waals surface area contributed by atoms with Crippen LogP contribution >= 0.6 is 0 Å². The highest BCUT2D eigenvalue weighted by atomic mass is 32.2. The molecule has 9 heteroatoms. The fraction of sp³-hybridized carbons (Fsp3) is 0.467. The van der Waals surface area contributed by atoms with Crippen LogP contribution in [0.3, 0.4) is 0 Å². The van der Waals surface area contributed by atoms with Crippen molar-refractivity contribution < 1.29 is 17.9 Å². The molecule has 39 heavy (non-hydrogen) atoms. The summed E-state index contributed by atoms with van der Waals surface area (Å²) in [6.07, 6.45) is 11.4. The molecule has 206 valence electrons. The minimum atomic E-state index is -3.31. The Kier molecular flexibility index (Phi) is 7.44. The van der Waals surface area contributed by atoms with Crippen molar-refractivity contribution in [2.75, 3.05) is 32.6 Å².